The van der Waals surface area contributed by atoms with E-state index in [2.05, 4.69) is 0 Å². The predicted molar refractivity (Wildman–Crippen MR) is 110 cm³/mol. The van der Waals surface area contributed by atoms with Crippen LogP contribution in [0.2, 0.25) is 0 Å². The lowest BCUT2D eigenvalue weighted by atomic mass is 9.95. The van der Waals surface area contributed by atoms with Crippen molar-refractivity contribution in [3.63, 3.8) is 0 Å². The molecule has 0 aliphatic rings. The summed E-state index contributed by atoms with van der Waals surface area (Å²) in [4.78, 5) is 14.6. The molecule has 0 unspecified atom stereocenters. The Balaban J connectivity index is 2.32. The summed E-state index contributed by atoms with van der Waals surface area (Å²) >= 11 is 0. The first-order chi connectivity index (χ1) is 13.9. The van der Waals surface area contributed by atoms with Gasteiger partial charge in [-0.3, -0.25) is 4.79 Å². The number of ether oxygens (including phenoxy) is 3. The molecule has 0 saturated carbocycles. The van der Waals surface area contributed by atoms with Gasteiger partial charge < -0.3 is 29.3 Å². The van der Waals surface area contributed by atoms with E-state index >= 15 is 0 Å². The summed E-state index contributed by atoms with van der Waals surface area (Å²) in [6.07, 6.45) is -0.857. The quantitative estimate of drug-likeness (QED) is 0.668. The summed E-state index contributed by atoms with van der Waals surface area (Å²) in [6.45, 7) is 1.36. The maximum Gasteiger partial charge on any atom is 0.232 e. The molecule has 3 atom stereocenters. The van der Waals surface area contributed by atoms with Crippen molar-refractivity contribution in [2.45, 2.75) is 25.0 Å². The minimum atomic E-state index is -0.857. The highest BCUT2D eigenvalue weighted by Crippen LogP contribution is 2.40. The van der Waals surface area contributed by atoms with Gasteiger partial charge in [0, 0.05) is 7.05 Å². The fraction of sp³-hybridized carbons (Fsp3) is 0.409. The number of amides is 1. The van der Waals surface area contributed by atoms with Crippen LogP contribution in [0.3, 0.4) is 0 Å². The molecule has 0 radical (unpaired) electrons. The lowest BCUT2D eigenvalue weighted by Gasteiger charge is -2.32. The first-order valence-electron chi connectivity index (χ1n) is 9.30. The Bertz CT molecular complexity index is 785. The fourth-order valence-corrected chi connectivity index (χ4v) is 3.22. The number of rotatable bonds is 9. The van der Waals surface area contributed by atoms with Crippen molar-refractivity contribution < 1.29 is 29.2 Å². The van der Waals surface area contributed by atoms with E-state index in [1.165, 1.54) is 26.2 Å². The third-order valence-corrected chi connectivity index (χ3v) is 5.13. The Morgan fingerprint density at radius 3 is 2.00 bits per heavy atom. The average molecular weight is 403 g/mol. The molecule has 2 aromatic rings. The Morgan fingerprint density at radius 2 is 1.55 bits per heavy atom. The van der Waals surface area contributed by atoms with Gasteiger partial charge in [0.15, 0.2) is 11.5 Å². The minimum Gasteiger partial charge on any atom is -0.493 e. The second-order valence-corrected chi connectivity index (χ2v) is 6.74. The van der Waals surface area contributed by atoms with Gasteiger partial charge in [0.1, 0.15) is 0 Å². The zero-order valence-electron chi connectivity index (χ0n) is 17.5. The molecule has 2 rings (SSSR count). The number of hydrogen-bond donors (Lipinski definition) is 2. The van der Waals surface area contributed by atoms with Gasteiger partial charge >= 0.3 is 0 Å². The van der Waals surface area contributed by atoms with Crippen molar-refractivity contribution >= 4 is 5.91 Å². The number of benzene rings is 2. The first-order valence-corrected chi connectivity index (χ1v) is 9.30. The number of methoxy groups -OCH3 is 3. The smallest absolute Gasteiger partial charge is 0.232 e. The normalized spacial score (nSPS) is 13.9. The number of likely N-dealkylation sites (N-methyl/N-ethyl adjacent to an activating group) is 1. The van der Waals surface area contributed by atoms with Gasteiger partial charge in [-0.25, -0.2) is 0 Å². The highest BCUT2D eigenvalue weighted by Gasteiger charge is 2.31. The van der Waals surface area contributed by atoms with Crippen LogP contribution in [0.4, 0.5) is 0 Å². The number of carbonyl (C=O) groups is 1. The zero-order chi connectivity index (χ0) is 21.6. The topological polar surface area (TPSA) is 88.5 Å². The van der Waals surface area contributed by atoms with Crippen molar-refractivity contribution in [2.24, 2.45) is 0 Å². The summed E-state index contributed by atoms with van der Waals surface area (Å²) in [7, 11) is 6.08. The Labute approximate surface area is 171 Å². The van der Waals surface area contributed by atoms with Gasteiger partial charge in [0.25, 0.3) is 0 Å². The molecule has 0 fully saturated rings. The van der Waals surface area contributed by atoms with Crippen molar-refractivity contribution in [2.75, 3.05) is 35.0 Å². The van der Waals surface area contributed by atoms with E-state index in [0.29, 0.717) is 28.4 Å². The predicted octanol–water partition coefficient (Wildman–Crippen LogP) is 2.37. The second-order valence-electron chi connectivity index (χ2n) is 6.74. The Kier molecular flexibility index (Phi) is 7.87. The van der Waals surface area contributed by atoms with Crippen LogP contribution in [0, 0.1) is 0 Å². The molecule has 0 spiro atoms. The highest BCUT2D eigenvalue weighted by atomic mass is 16.5. The molecule has 0 saturated heterocycles. The molecule has 29 heavy (non-hydrogen) atoms. The molecular weight excluding hydrogens is 374 g/mol. The Morgan fingerprint density at radius 1 is 1.00 bits per heavy atom. The third-order valence-electron chi connectivity index (χ3n) is 5.13. The molecule has 0 bridgehead atoms. The van der Waals surface area contributed by atoms with Crippen molar-refractivity contribution in [1.82, 2.24) is 4.90 Å². The van der Waals surface area contributed by atoms with Crippen LogP contribution in [-0.2, 0) is 4.79 Å². The van der Waals surface area contributed by atoms with E-state index in [0.717, 1.165) is 0 Å². The molecule has 0 aliphatic carbocycles. The molecule has 0 aromatic heterocycles. The van der Waals surface area contributed by atoms with Crippen LogP contribution in [0.1, 0.15) is 30.1 Å². The second kappa shape index (κ2) is 10.1. The van der Waals surface area contributed by atoms with E-state index in [4.69, 9.17) is 14.2 Å². The van der Waals surface area contributed by atoms with Gasteiger partial charge in [-0.2, -0.15) is 0 Å². The van der Waals surface area contributed by atoms with E-state index in [1.54, 1.807) is 26.1 Å². The summed E-state index contributed by atoms with van der Waals surface area (Å²) in [5.74, 6) is 0.0220. The zero-order valence-corrected chi connectivity index (χ0v) is 17.5. The van der Waals surface area contributed by atoms with Crippen LogP contribution in [0.5, 0.6) is 17.2 Å². The number of aliphatic hydroxyl groups excluding tert-OH is 2. The highest BCUT2D eigenvalue weighted by molar-refractivity contribution is 5.84. The van der Waals surface area contributed by atoms with Gasteiger partial charge in [-0.15, -0.1) is 0 Å². The average Bonchev–Trinajstić information content (AvgIpc) is 2.77. The standard InChI is InChI=1S/C22H29NO6/c1-14(20(25)15-9-7-6-8-10-15)23(2)22(26)17(13-24)16-11-18(27-3)21(29-5)19(12-16)28-4/h6-12,14,17,20,24-25H,13H2,1-5H3/t14-,17+,20+/m0/s1. The van der Waals surface area contributed by atoms with Crippen LogP contribution < -0.4 is 14.2 Å². The van der Waals surface area contributed by atoms with E-state index in [9.17, 15) is 15.0 Å². The molecule has 0 heterocycles. The summed E-state index contributed by atoms with van der Waals surface area (Å²) in [5.41, 5.74) is 1.24. The SMILES string of the molecule is COc1cc([C@@H](CO)C(=O)N(C)[C@@H](C)[C@@H](O)c2ccccc2)cc(OC)c1OC. The third kappa shape index (κ3) is 4.81. The Hall–Kier alpha value is -2.77. The van der Waals surface area contributed by atoms with Crippen molar-refractivity contribution in [3.05, 3.63) is 53.6 Å². The number of nitrogens with zero attached hydrogens (tertiary/aromatic N) is 1. The summed E-state index contributed by atoms with van der Waals surface area (Å²) in [6, 6.07) is 11.9. The van der Waals surface area contributed by atoms with Gasteiger partial charge in [-0.05, 0) is 30.2 Å². The number of aliphatic hydroxyl groups is 2. The fourth-order valence-electron chi connectivity index (χ4n) is 3.22. The van der Waals surface area contributed by atoms with Crippen molar-refractivity contribution in [3.8, 4) is 17.2 Å². The van der Waals surface area contributed by atoms with E-state index in [-0.39, 0.29) is 5.91 Å². The van der Waals surface area contributed by atoms with Crippen LogP contribution in [0.25, 0.3) is 0 Å². The number of carbonyl (C=O) groups excluding carboxylic acids is 1. The monoisotopic (exact) mass is 403 g/mol. The van der Waals surface area contributed by atoms with Crippen LogP contribution >= 0.6 is 0 Å². The van der Waals surface area contributed by atoms with Gasteiger partial charge in [-0.1, -0.05) is 30.3 Å². The maximum atomic E-state index is 13.1. The van der Waals surface area contributed by atoms with Gasteiger partial charge in [0.2, 0.25) is 11.7 Å². The van der Waals surface area contributed by atoms with Crippen molar-refractivity contribution in [1.29, 1.82) is 0 Å². The molecule has 158 valence electrons. The molecule has 2 N–H and O–H groups in total. The molecule has 1 amide bonds. The molecular formula is C22H29NO6. The first kappa shape index (κ1) is 22.5. The minimum absolute atomic E-state index is 0.329. The number of hydrogen-bond acceptors (Lipinski definition) is 6. The molecule has 7 nitrogen and oxygen atoms in total. The van der Waals surface area contributed by atoms with Crippen LogP contribution in [0.15, 0.2) is 42.5 Å². The molecule has 0 aliphatic heterocycles. The largest absolute Gasteiger partial charge is 0.493 e. The summed E-state index contributed by atoms with van der Waals surface area (Å²) in [5, 5.41) is 20.6. The lowest BCUT2D eigenvalue weighted by molar-refractivity contribution is -0.136. The molecule has 7 heteroatoms. The van der Waals surface area contributed by atoms with Gasteiger partial charge in [0.05, 0.1) is 46.0 Å². The van der Waals surface area contributed by atoms with E-state index < -0.39 is 24.7 Å². The maximum absolute atomic E-state index is 13.1. The van der Waals surface area contributed by atoms with Crippen LogP contribution in [-0.4, -0.2) is 62.0 Å². The molecule has 2 aromatic carbocycles. The lowest BCUT2D eigenvalue weighted by Crippen LogP contribution is -2.42. The van der Waals surface area contributed by atoms with E-state index in [1.807, 2.05) is 30.3 Å². The summed E-state index contributed by atoms with van der Waals surface area (Å²) < 4.78 is 16.0.